The molecule has 3 aromatic rings. The van der Waals surface area contributed by atoms with Gasteiger partial charge in [-0.25, -0.2) is 0 Å². The van der Waals surface area contributed by atoms with Crippen LogP contribution in [0.25, 0.3) is 0 Å². The van der Waals surface area contributed by atoms with Gasteiger partial charge in [0.25, 0.3) is 0 Å². The number of benzene rings is 2. The maximum Gasteiger partial charge on any atom is 0.191 e. The molecule has 2 N–H and O–H groups in total. The van der Waals surface area contributed by atoms with Crippen LogP contribution in [0.4, 0.5) is 0 Å². The van der Waals surface area contributed by atoms with Crippen LogP contribution in [-0.2, 0) is 6.54 Å². The summed E-state index contributed by atoms with van der Waals surface area (Å²) in [5.74, 6) is 1.18. The van der Waals surface area contributed by atoms with E-state index >= 15 is 0 Å². The summed E-state index contributed by atoms with van der Waals surface area (Å²) in [5, 5.41) is 11.1. The summed E-state index contributed by atoms with van der Waals surface area (Å²) in [6, 6.07) is 21.4. The fourth-order valence-corrected chi connectivity index (χ4v) is 3.33. The van der Waals surface area contributed by atoms with Crippen molar-refractivity contribution in [2.24, 2.45) is 4.99 Å². The summed E-state index contributed by atoms with van der Waals surface area (Å²) in [5.41, 5.74) is 3.86. The van der Waals surface area contributed by atoms with E-state index in [1.54, 1.807) is 7.05 Å². The van der Waals surface area contributed by atoms with Gasteiger partial charge >= 0.3 is 0 Å². The van der Waals surface area contributed by atoms with Crippen LogP contribution in [0.2, 0.25) is 0 Å². The summed E-state index contributed by atoms with van der Waals surface area (Å²) in [6.45, 7) is 4.48. The number of aliphatic imine (C=N–C) groups is 1. The van der Waals surface area contributed by atoms with Gasteiger partial charge in [0.1, 0.15) is 0 Å². The van der Waals surface area contributed by atoms with E-state index in [4.69, 9.17) is 0 Å². The number of nitrogens with one attached hydrogen (secondary N) is 2. The molecule has 0 bridgehead atoms. The van der Waals surface area contributed by atoms with Crippen LogP contribution in [0.3, 0.4) is 0 Å². The molecule has 2 aromatic carbocycles. The summed E-state index contributed by atoms with van der Waals surface area (Å²) in [4.78, 5) is 4.33. The van der Waals surface area contributed by atoms with Gasteiger partial charge in [-0.15, -0.1) is 0 Å². The van der Waals surface area contributed by atoms with Gasteiger partial charge in [-0.05, 0) is 30.0 Å². The molecule has 0 radical (unpaired) electrons. The minimum absolute atomic E-state index is 0.361. The van der Waals surface area contributed by atoms with Gasteiger partial charge in [0.05, 0.1) is 12.7 Å². The zero-order valence-electron chi connectivity index (χ0n) is 16.7. The van der Waals surface area contributed by atoms with Gasteiger partial charge in [-0.1, -0.05) is 60.7 Å². The van der Waals surface area contributed by atoms with Crippen molar-refractivity contribution in [3.05, 3.63) is 89.7 Å². The molecule has 0 spiro atoms. The minimum atomic E-state index is 0.361. The second-order valence-electron chi connectivity index (χ2n) is 6.87. The van der Waals surface area contributed by atoms with Gasteiger partial charge in [-0.3, -0.25) is 9.67 Å². The third-order valence-electron chi connectivity index (χ3n) is 4.75. The van der Waals surface area contributed by atoms with E-state index in [0.717, 1.165) is 32.0 Å². The normalized spacial score (nSPS) is 11.6. The Balaban J connectivity index is 1.52. The first-order valence-electron chi connectivity index (χ1n) is 9.79. The number of hydrogen-bond acceptors (Lipinski definition) is 2. The lowest BCUT2D eigenvalue weighted by Crippen LogP contribution is -2.39. The molecule has 1 aromatic heterocycles. The zero-order valence-corrected chi connectivity index (χ0v) is 16.7. The van der Waals surface area contributed by atoms with Crippen molar-refractivity contribution in [3.63, 3.8) is 0 Å². The van der Waals surface area contributed by atoms with Gasteiger partial charge in [0.2, 0.25) is 0 Å². The Kier molecular flexibility index (Phi) is 7.24. The van der Waals surface area contributed by atoms with Gasteiger partial charge in [0, 0.05) is 32.3 Å². The Morgan fingerprint density at radius 1 is 0.964 bits per heavy atom. The monoisotopic (exact) mass is 375 g/mol. The Morgan fingerprint density at radius 2 is 1.57 bits per heavy atom. The molecule has 28 heavy (non-hydrogen) atoms. The van der Waals surface area contributed by atoms with E-state index < -0.39 is 0 Å². The van der Waals surface area contributed by atoms with E-state index in [9.17, 15) is 0 Å². The molecular weight excluding hydrogens is 346 g/mol. The topological polar surface area (TPSA) is 54.2 Å². The molecule has 5 nitrogen and oxygen atoms in total. The summed E-state index contributed by atoms with van der Waals surface area (Å²) in [6.07, 6.45) is 4.91. The fraction of sp³-hybridized carbons (Fsp3) is 0.304. The molecule has 0 aliphatic carbocycles. The Morgan fingerprint density at radius 3 is 2.11 bits per heavy atom. The van der Waals surface area contributed by atoms with E-state index in [0.29, 0.717) is 5.92 Å². The molecule has 0 saturated heterocycles. The van der Waals surface area contributed by atoms with Crippen LogP contribution < -0.4 is 10.6 Å². The highest BCUT2D eigenvalue weighted by atomic mass is 15.3. The van der Waals surface area contributed by atoms with Crippen LogP contribution in [0.5, 0.6) is 0 Å². The number of guanidine groups is 1. The molecule has 1 heterocycles. The van der Waals surface area contributed by atoms with Crippen LogP contribution in [0.1, 0.15) is 29.0 Å². The number of nitrogens with zero attached hydrogens (tertiary/aromatic N) is 3. The second-order valence-corrected chi connectivity index (χ2v) is 6.87. The highest BCUT2D eigenvalue weighted by Gasteiger charge is 2.13. The van der Waals surface area contributed by atoms with Crippen molar-refractivity contribution >= 4 is 5.96 Å². The fourth-order valence-electron chi connectivity index (χ4n) is 3.33. The second kappa shape index (κ2) is 10.3. The molecule has 0 aliphatic rings. The molecule has 146 valence electrons. The van der Waals surface area contributed by atoms with Crippen molar-refractivity contribution in [2.75, 3.05) is 20.1 Å². The van der Waals surface area contributed by atoms with Crippen molar-refractivity contribution in [1.82, 2.24) is 20.4 Å². The third-order valence-corrected chi connectivity index (χ3v) is 4.75. The standard InChI is InChI=1S/C23H29N5/c1-19-17-27-28(18-19)16-15-26-23(24-2)25-14-13-22(20-9-5-3-6-10-20)21-11-7-4-8-12-21/h3-12,17-18,22H,13-16H2,1-2H3,(H2,24,25,26). The highest BCUT2D eigenvalue weighted by Crippen LogP contribution is 2.27. The first-order chi connectivity index (χ1) is 13.8. The quantitative estimate of drug-likeness (QED) is 0.467. The third kappa shape index (κ3) is 5.71. The predicted molar refractivity (Wildman–Crippen MR) is 116 cm³/mol. The van der Waals surface area contributed by atoms with Gasteiger partial charge < -0.3 is 10.6 Å². The Hall–Kier alpha value is -3.08. The number of hydrogen-bond donors (Lipinski definition) is 2. The smallest absolute Gasteiger partial charge is 0.191 e. The largest absolute Gasteiger partial charge is 0.356 e. The highest BCUT2D eigenvalue weighted by molar-refractivity contribution is 5.79. The summed E-state index contributed by atoms with van der Waals surface area (Å²) >= 11 is 0. The van der Waals surface area contributed by atoms with Crippen molar-refractivity contribution in [1.29, 1.82) is 0 Å². The molecule has 0 aliphatic heterocycles. The zero-order chi connectivity index (χ0) is 19.6. The Bertz CT molecular complexity index is 815. The maximum absolute atomic E-state index is 4.33. The van der Waals surface area contributed by atoms with E-state index in [-0.39, 0.29) is 0 Å². The van der Waals surface area contributed by atoms with Gasteiger partial charge in [0.15, 0.2) is 5.96 Å². The van der Waals surface area contributed by atoms with Crippen molar-refractivity contribution < 1.29 is 0 Å². The molecule has 0 amide bonds. The van der Waals surface area contributed by atoms with E-state index in [1.807, 2.05) is 24.0 Å². The van der Waals surface area contributed by atoms with Crippen LogP contribution >= 0.6 is 0 Å². The van der Waals surface area contributed by atoms with Gasteiger partial charge in [-0.2, -0.15) is 5.10 Å². The predicted octanol–water partition coefficient (Wildman–Crippen LogP) is 3.58. The summed E-state index contributed by atoms with van der Waals surface area (Å²) in [7, 11) is 1.80. The number of aryl methyl sites for hydroxylation is 1. The first kappa shape index (κ1) is 19.7. The molecule has 0 saturated carbocycles. The number of aromatic nitrogens is 2. The van der Waals surface area contributed by atoms with E-state index in [1.165, 1.54) is 16.7 Å². The molecule has 0 fully saturated rings. The van der Waals surface area contributed by atoms with Crippen LogP contribution in [0.15, 0.2) is 78.0 Å². The first-order valence-corrected chi connectivity index (χ1v) is 9.79. The average molecular weight is 376 g/mol. The molecule has 3 rings (SSSR count). The number of rotatable bonds is 8. The SMILES string of the molecule is CN=C(NCCC(c1ccccc1)c1ccccc1)NCCn1cc(C)cn1. The maximum atomic E-state index is 4.33. The summed E-state index contributed by atoms with van der Waals surface area (Å²) < 4.78 is 1.94. The minimum Gasteiger partial charge on any atom is -0.356 e. The van der Waals surface area contributed by atoms with Crippen molar-refractivity contribution in [2.45, 2.75) is 25.8 Å². The lowest BCUT2D eigenvalue weighted by atomic mass is 9.88. The lowest BCUT2D eigenvalue weighted by Gasteiger charge is -2.19. The molecule has 0 unspecified atom stereocenters. The van der Waals surface area contributed by atoms with E-state index in [2.05, 4.69) is 81.4 Å². The van der Waals surface area contributed by atoms with Crippen molar-refractivity contribution in [3.8, 4) is 0 Å². The Labute approximate surface area is 167 Å². The average Bonchev–Trinajstić information content (AvgIpc) is 3.16. The van der Waals surface area contributed by atoms with Crippen LogP contribution in [-0.4, -0.2) is 35.9 Å². The lowest BCUT2D eigenvalue weighted by molar-refractivity contribution is 0.594. The molecule has 5 heteroatoms. The molecular formula is C23H29N5. The molecule has 0 atom stereocenters. The van der Waals surface area contributed by atoms with Crippen LogP contribution in [0, 0.1) is 6.92 Å².